The van der Waals surface area contributed by atoms with Gasteiger partial charge in [0.05, 0.1) is 24.7 Å². The maximum absolute atomic E-state index is 12.5. The van der Waals surface area contributed by atoms with Crippen LogP contribution in [0.5, 0.6) is 0 Å². The van der Waals surface area contributed by atoms with Crippen molar-refractivity contribution in [1.82, 2.24) is 0 Å². The molecule has 0 amide bonds. The first kappa shape index (κ1) is 15.8. The van der Waals surface area contributed by atoms with Crippen LogP contribution in [0, 0.1) is 29.6 Å². The van der Waals surface area contributed by atoms with E-state index in [9.17, 15) is 9.59 Å². The molecule has 5 rings (SSSR count). The Labute approximate surface area is 146 Å². The molecule has 0 aromatic heterocycles. The summed E-state index contributed by atoms with van der Waals surface area (Å²) in [5.74, 6) is 1.12. The summed E-state index contributed by atoms with van der Waals surface area (Å²) in [4.78, 5) is 24.3. The minimum Gasteiger partial charge on any atom is -0.453 e. The standard InChI is InChI=1S/C19H24O6/c20-14(25-15-3-1-2-6-22-15)9-23-19(21)12-8-13-16-10-4-5-11(7-10)17(16)18(12)24-13/h4-5,10-13,15-18H,1-3,6-9H2. The molecular weight excluding hydrogens is 324 g/mol. The maximum atomic E-state index is 12.5. The third kappa shape index (κ3) is 2.61. The molecule has 8 unspecified atom stereocenters. The zero-order chi connectivity index (χ0) is 17.0. The number of carbonyl (C=O) groups is 2. The van der Waals surface area contributed by atoms with Gasteiger partial charge in [0.2, 0.25) is 6.29 Å². The van der Waals surface area contributed by atoms with E-state index < -0.39 is 12.3 Å². The number of allylic oxidation sites excluding steroid dienone is 2. The second-order valence-electron chi connectivity index (χ2n) is 7.98. The minimum atomic E-state index is -0.537. The van der Waals surface area contributed by atoms with Crippen molar-refractivity contribution in [3.05, 3.63) is 12.2 Å². The highest BCUT2D eigenvalue weighted by molar-refractivity contribution is 5.78. The van der Waals surface area contributed by atoms with E-state index in [1.807, 2.05) is 0 Å². The number of ether oxygens (including phenoxy) is 4. The second kappa shape index (κ2) is 6.09. The summed E-state index contributed by atoms with van der Waals surface area (Å²) in [5.41, 5.74) is 0. The van der Waals surface area contributed by atoms with Crippen LogP contribution in [-0.4, -0.2) is 43.7 Å². The van der Waals surface area contributed by atoms with Crippen molar-refractivity contribution in [2.24, 2.45) is 29.6 Å². The van der Waals surface area contributed by atoms with Gasteiger partial charge in [0.1, 0.15) is 0 Å². The Hall–Kier alpha value is -1.40. The molecule has 4 fully saturated rings. The predicted octanol–water partition coefficient (Wildman–Crippen LogP) is 1.82. The van der Waals surface area contributed by atoms with Gasteiger partial charge in [-0.1, -0.05) is 12.2 Å². The molecule has 8 atom stereocenters. The molecule has 25 heavy (non-hydrogen) atoms. The molecule has 3 saturated heterocycles. The van der Waals surface area contributed by atoms with Gasteiger partial charge in [-0.05, 0) is 49.4 Å². The fourth-order valence-corrected chi connectivity index (χ4v) is 5.68. The van der Waals surface area contributed by atoms with Crippen LogP contribution in [0.4, 0.5) is 0 Å². The lowest BCUT2D eigenvalue weighted by Gasteiger charge is -2.32. The highest BCUT2D eigenvalue weighted by Crippen LogP contribution is 2.61. The second-order valence-corrected chi connectivity index (χ2v) is 7.98. The van der Waals surface area contributed by atoms with Crippen LogP contribution in [0.1, 0.15) is 32.1 Å². The van der Waals surface area contributed by atoms with Gasteiger partial charge in [0, 0.05) is 6.42 Å². The predicted molar refractivity (Wildman–Crippen MR) is 85.1 cm³/mol. The van der Waals surface area contributed by atoms with Crippen LogP contribution >= 0.6 is 0 Å². The molecule has 4 bridgehead atoms. The van der Waals surface area contributed by atoms with E-state index in [0.717, 1.165) is 19.3 Å². The van der Waals surface area contributed by atoms with E-state index in [4.69, 9.17) is 18.9 Å². The average molecular weight is 348 g/mol. The molecule has 136 valence electrons. The molecule has 0 radical (unpaired) electrons. The summed E-state index contributed by atoms with van der Waals surface area (Å²) in [6.45, 7) is 0.270. The van der Waals surface area contributed by atoms with Crippen molar-refractivity contribution in [1.29, 1.82) is 0 Å². The van der Waals surface area contributed by atoms with Crippen molar-refractivity contribution in [3.63, 3.8) is 0 Å². The number of hydrogen-bond acceptors (Lipinski definition) is 6. The third-order valence-corrected chi connectivity index (χ3v) is 6.64. The van der Waals surface area contributed by atoms with Gasteiger partial charge >= 0.3 is 11.9 Å². The van der Waals surface area contributed by atoms with Crippen LogP contribution in [0.15, 0.2) is 12.2 Å². The summed E-state index contributed by atoms with van der Waals surface area (Å²) >= 11 is 0. The largest absolute Gasteiger partial charge is 0.453 e. The lowest BCUT2D eigenvalue weighted by Crippen LogP contribution is -2.40. The fourth-order valence-electron chi connectivity index (χ4n) is 5.68. The highest BCUT2D eigenvalue weighted by atomic mass is 16.7. The van der Waals surface area contributed by atoms with Gasteiger partial charge in [0.15, 0.2) is 6.61 Å². The zero-order valence-electron chi connectivity index (χ0n) is 14.2. The normalized spacial score (nSPS) is 46.2. The van der Waals surface area contributed by atoms with Crippen LogP contribution in [0.2, 0.25) is 0 Å². The fraction of sp³-hybridized carbons (Fsp3) is 0.789. The summed E-state index contributed by atoms with van der Waals surface area (Å²) in [6.07, 6.45) is 8.88. The van der Waals surface area contributed by atoms with Crippen molar-refractivity contribution in [3.8, 4) is 0 Å². The molecular formula is C19H24O6. The van der Waals surface area contributed by atoms with Gasteiger partial charge in [0.25, 0.3) is 0 Å². The minimum absolute atomic E-state index is 0.0415. The van der Waals surface area contributed by atoms with Gasteiger partial charge in [-0.15, -0.1) is 0 Å². The zero-order valence-corrected chi connectivity index (χ0v) is 14.2. The lowest BCUT2D eigenvalue weighted by atomic mass is 9.69. The van der Waals surface area contributed by atoms with Crippen molar-refractivity contribution < 1.29 is 28.5 Å². The van der Waals surface area contributed by atoms with Crippen molar-refractivity contribution in [2.75, 3.05) is 13.2 Å². The monoisotopic (exact) mass is 348 g/mol. The molecule has 1 saturated carbocycles. The Morgan fingerprint density at radius 2 is 1.92 bits per heavy atom. The van der Waals surface area contributed by atoms with Crippen LogP contribution < -0.4 is 0 Å². The van der Waals surface area contributed by atoms with Gasteiger partial charge in [-0.25, -0.2) is 4.79 Å². The van der Waals surface area contributed by atoms with Crippen LogP contribution in [0.3, 0.4) is 0 Å². The Balaban J connectivity index is 1.14. The van der Waals surface area contributed by atoms with Gasteiger partial charge in [-0.2, -0.15) is 0 Å². The Bertz CT molecular complexity index is 595. The average Bonchev–Trinajstić information content (AvgIpc) is 3.38. The van der Waals surface area contributed by atoms with E-state index in [0.29, 0.717) is 36.7 Å². The first-order valence-electron chi connectivity index (χ1n) is 9.52. The van der Waals surface area contributed by atoms with E-state index in [2.05, 4.69) is 12.2 Å². The van der Waals surface area contributed by atoms with E-state index in [1.54, 1.807) is 0 Å². The molecule has 3 heterocycles. The van der Waals surface area contributed by atoms with Gasteiger partial charge < -0.3 is 18.9 Å². The maximum Gasteiger partial charge on any atom is 0.346 e. The summed E-state index contributed by atoms with van der Waals surface area (Å²) in [5, 5.41) is 0. The number of fused-ring (bicyclic) bond motifs is 9. The van der Waals surface area contributed by atoms with Crippen LogP contribution in [0.25, 0.3) is 0 Å². The summed E-state index contributed by atoms with van der Waals surface area (Å²) in [6, 6.07) is 0. The molecule has 2 aliphatic carbocycles. The molecule has 0 aromatic carbocycles. The number of carbonyl (C=O) groups excluding carboxylic acids is 2. The first-order chi connectivity index (χ1) is 12.2. The molecule has 6 nitrogen and oxygen atoms in total. The third-order valence-electron chi connectivity index (χ3n) is 6.64. The molecule has 0 aromatic rings. The van der Waals surface area contributed by atoms with Gasteiger partial charge in [-0.3, -0.25) is 4.79 Å². The molecule has 5 aliphatic rings. The molecule has 0 spiro atoms. The molecule has 0 N–H and O–H groups in total. The topological polar surface area (TPSA) is 71.1 Å². The van der Waals surface area contributed by atoms with E-state index in [-0.39, 0.29) is 30.7 Å². The molecule has 6 heteroatoms. The van der Waals surface area contributed by atoms with Crippen molar-refractivity contribution in [2.45, 2.75) is 50.6 Å². The summed E-state index contributed by atoms with van der Waals surface area (Å²) < 4.78 is 21.9. The SMILES string of the molecule is O=C(COC(=O)C1CC2OC1C1C3C=CC(C3)C21)OC1CCCCO1. The quantitative estimate of drug-likeness (QED) is 0.570. The van der Waals surface area contributed by atoms with Crippen molar-refractivity contribution >= 4 is 11.9 Å². The number of rotatable bonds is 4. The highest BCUT2D eigenvalue weighted by Gasteiger charge is 2.64. The number of hydrogen-bond donors (Lipinski definition) is 0. The Morgan fingerprint density at radius 3 is 2.72 bits per heavy atom. The lowest BCUT2D eigenvalue weighted by molar-refractivity contribution is -0.193. The number of esters is 2. The Kier molecular flexibility index (Phi) is 3.86. The Morgan fingerprint density at radius 1 is 1.08 bits per heavy atom. The van der Waals surface area contributed by atoms with E-state index in [1.165, 1.54) is 6.42 Å². The van der Waals surface area contributed by atoms with Crippen LogP contribution in [-0.2, 0) is 28.5 Å². The smallest absolute Gasteiger partial charge is 0.346 e. The molecule has 3 aliphatic heterocycles. The first-order valence-corrected chi connectivity index (χ1v) is 9.52. The van der Waals surface area contributed by atoms with E-state index >= 15 is 0 Å². The summed E-state index contributed by atoms with van der Waals surface area (Å²) in [7, 11) is 0.